The molecule has 2 rings (SSSR count). The van der Waals surface area contributed by atoms with Crippen LogP contribution in [0.2, 0.25) is 0 Å². The number of nitrogens with zero attached hydrogens (tertiary/aromatic N) is 3. The zero-order valence-corrected chi connectivity index (χ0v) is 8.62. The average Bonchev–Trinajstić information content (AvgIpc) is 2.77. The first kappa shape index (κ1) is 11.5. The highest BCUT2D eigenvalue weighted by Gasteiger charge is 2.06. The van der Waals surface area contributed by atoms with Crippen LogP contribution in [0.1, 0.15) is 5.69 Å². The molecule has 90 valence electrons. The van der Waals surface area contributed by atoms with E-state index < -0.39 is 6.61 Å². The fraction of sp³-hybridized carbons (Fsp3) is 0.200. The van der Waals surface area contributed by atoms with Gasteiger partial charge in [0.05, 0.1) is 18.5 Å². The molecular weight excluding hydrogens is 232 g/mol. The molecule has 5 nitrogen and oxygen atoms in total. The summed E-state index contributed by atoms with van der Waals surface area (Å²) in [5.41, 5.74) is 0.917. The number of alkyl halides is 2. The number of aromatic nitrogens is 3. The summed E-state index contributed by atoms with van der Waals surface area (Å²) in [6, 6.07) is 6.04. The molecule has 17 heavy (non-hydrogen) atoms. The number of aliphatic hydroxyl groups is 1. The predicted molar refractivity (Wildman–Crippen MR) is 53.9 cm³/mol. The van der Waals surface area contributed by atoms with E-state index in [1.54, 1.807) is 12.1 Å². The molecule has 2 aromatic rings. The van der Waals surface area contributed by atoms with Gasteiger partial charge in [0.25, 0.3) is 0 Å². The van der Waals surface area contributed by atoms with Gasteiger partial charge in [0, 0.05) is 6.07 Å². The minimum atomic E-state index is -2.87. The number of benzene rings is 1. The van der Waals surface area contributed by atoms with Gasteiger partial charge < -0.3 is 9.84 Å². The SMILES string of the molecule is OCc1cn(-c2cccc(OC(F)F)c2)nn1. The van der Waals surface area contributed by atoms with Gasteiger partial charge in [-0.1, -0.05) is 11.3 Å². The van der Waals surface area contributed by atoms with Crippen LogP contribution in [0, 0.1) is 0 Å². The van der Waals surface area contributed by atoms with E-state index in [9.17, 15) is 8.78 Å². The number of ether oxygens (including phenoxy) is 1. The molecule has 0 saturated heterocycles. The molecule has 0 spiro atoms. The molecule has 0 aliphatic carbocycles. The minimum absolute atomic E-state index is 0.0403. The Labute approximate surface area is 95.3 Å². The Kier molecular flexibility index (Phi) is 3.29. The minimum Gasteiger partial charge on any atom is -0.435 e. The Morgan fingerprint density at radius 1 is 1.41 bits per heavy atom. The summed E-state index contributed by atoms with van der Waals surface area (Å²) in [5.74, 6) is 0.0403. The van der Waals surface area contributed by atoms with E-state index in [1.165, 1.54) is 23.0 Å². The number of hydrogen-bond acceptors (Lipinski definition) is 4. The molecule has 0 unspecified atom stereocenters. The van der Waals surface area contributed by atoms with Crippen molar-refractivity contribution in [1.29, 1.82) is 0 Å². The second-order valence-electron chi connectivity index (χ2n) is 3.19. The molecule has 0 bridgehead atoms. The highest BCUT2D eigenvalue weighted by atomic mass is 19.3. The Morgan fingerprint density at radius 3 is 2.88 bits per heavy atom. The molecule has 0 radical (unpaired) electrons. The third-order valence-electron chi connectivity index (χ3n) is 2.01. The highest BCUT2D eigenvalue weighted by molar-refractivity contribution is 5.38. The number of halogens is 2. The van der Waals surface area contributed by atoms with Crippen molar-refractivity contribution in [2.75, 3.05) is 0 Å². The summed E-state index contributed by atoms with van der Waals surface area (Å²) in [7, 11) is 0. The summed E-state index contributed by atoms with van der Waals surface area (Å²) in [6.45, 7) is -3.10. The molecule has 0 aliphatic heterocycles. The lowest BCUT2D eigenvalue weighted by molar-refractivity contribution is -0.0498. The summed E-state index contributed by atoms with van der Waals surface area (Å²) in [6.07, 6.45) is 1.50. The van der Waals surface area contributed by atoms with Crippen LogP contribution in [-0.4, -0.2) is 26.7 Å². The molecule has 1 aromatic carbocycles. The lowest BCUT2D eigenvalue weighted by atomic mass is 10.3. The van der Waals surface area contributed by atoms with Gasteiger partial charge in [-0.25, -0.2) is 4.68 Å². The van der Waals surface area contributed by atoms with Crippen LogP contribution in [0.3, 0.4) is 0 Å². The quantitative estimate of drug-likeness (QED) is 0.878. The van der Waals surface area contributed by atoms with Gasteiger partial charge in [0.2, 0.25) is 0 Å². The summed E-state index contributed by atoms with van der Waals surface area (Å²) >= 11 is 0. The Hall–Kier alpha value is -2.02. The molecular formula is C10H9F2N3O2. The van der Waals surface area contributed by atoms with Crippen molar-refractivity contribution in [2.45, 2.75) is 13.2 Å². The highest BCUT2D eigenvalue weighted by Crippen LogP contribution is 2.18. The van der Waals surface area contributed by atoms with Crippen molar-refractivity contribution in [2.24, 2.45) is 0 Å². The Bertz CT molecular complexity index is 502. The maximum absolute atomic E-state index is 12.0. The van der Waals surface area contributed by atoms with Gasteiger partial charge in [-0.3, -0.25) is 0 Å². The van der Waals surface area contributed by atoms with Crippen LogP contribution < -0.4 is 4.74 Å². The van der Waals surface area contributed by atoms with Crippen molar-refractivity contribution in [3.8, 4) is 11.4 Å². The van der Waals surface area contributed by atoms with Crippen LogP contribution in [-0.2, 0) is 6.61 Å². The second-order valence-corrected chi connectivity index (χ2v) is 3.19. The van der Waals surface area contributed by atoms with E-state index in [4.69, 9.17) is 5.11 Å². The van der Waals surface area contributed by atoms with E-state index >= 15 is 0 Å². The van der Waals surface area contributed by atoms with E-state index in [0.29, 0.717) is 11.4 Å². The first-order chi connectivity index (χ1) is 8.19. The summed E-state index contributed by atoms with van der Waals surface area (Å²) in [4.78, 5) is 0. The zero-order chi connectivity index (χ0) is 12.3. The lowest BCUT2D eigenvalue weighted by Gasteiger charge is -2.06. The molecule has 0 fully saturated rings. The predicted octanol–water partition coefficient (Wildman–Crippen LogP) is 1.36. The molecule has 0 saturated carbocycles. The largest absolute Gasteiger partial charge is 0.435 e. The van der Waals surface area contributed by atoms with Crippen molar-refractivity contribution in [3.05, 3.63) is 36.2 Å². The average molecular weight is 241 g/mol. The summed E-state index contributed by atoms with van der Waals surface area (Å²) < 4.78 is 29.7. The first-order valence-electron chi connectivity index (χ1n) is 4.76. The van der Waals surface area contributed by atoms with Gasteiger partial charge in [-0.2, -0.15) is 8.78 Å². The van der Waals surface area contributed by atoms with Gasteiger partial charge in [0.15, 0.2) is 0 Å². The monoisotopic (exact) mass is 241 g/mol. The Morgan fingerprint density at radius 2 is 2.24 bits per heavy atom. The van der Waals surface area contributed by atoms with Crippen LogP contribution >= 0.6 is 0 Å². The van der Waals surface area contributed by atoms with Crippen LogP contribution in [0.4, 0.5) is 8.78 Å². The van der Waals surface area contributed by atoms with Gasteiger partial charge >= 0.3 is 6.61 Å². The van der Waals surface area contributed by atoms with Gasteiger partial charge in [-0.15, -0.1) is 5.10 Å². The third-order valence-corrected chi connectivity index (χ3v) is 2.01. The number of hydrogen-bond donors (Lipinski definition) is 1. The lowest BCUT2D eigenvalue weighted by Crippen LogP contribution is -2.03. The van der Waals surface area contributed by atoms with Crippen molar-refractivity contribution in [1.82, 2.24) is 15.0 Å². The normalized spacial score (nSPS) is 10.8. The topological polar surface area (TPSA) is 60.2 Å². The molecule has 0 atom stereocenters. The molecule has 7 heteroatoms. The number of aliphatic hydroxyl groups excluding tert-OH is 1. The van der Waals surface area contributed by atoms with E-state index in [2.05, 4.69) is 15.0 Å². The standard InChI is InChI=1S/C10H9F2N3O2/c11-10(12)17-9-3-1-2-8(4-9)15-5-7(6-16)13-14-15/h1-5,10,16H,6H2. The Balaban J connectivity index is 2.26. The maximum Gasteiger partial charge on any atom is 0.387 e. The molecule has 0 amide bonds. The van der Waals surface area contributed by atoms with Gasteiger partial charge in [-0.05, 0) is 12.1 Å². The molecule has 1 heterocycles. The number of rotatable bonds is 4. The first-order valence-corrected chi connectivity index (χ1v) is 4.76. The fourth-order valence-corrected chi connectivity index (χ4v) is 1.30. The van der Waals surface area contributed by atoms with E-state index in [0.717, 1.165) is 0 Å². The van der Waals surface area contributed by atoms with Crippen LogP contribution in [0.25, 0.3) is 5.69 Å². The maximum atomic E-state index is 12.0. The second kappa shape index (κ2) is 4.88. The van der Waals surface area contributed by atoms with Crippen molar-refractivity contribution in [3.63, 3.8) is 0 Å². The van der Waals surface area contributed by atoms with Crippen LogP contribution in [0.5, 0.6) is 5.75 Å². The summed E-state index contributed by atoms with van der Waals surface area (Å²) in [5, 5.41) is 16.2. The van der Waals surface area contributed by atoms with Crippen molar-refractivity contribution >= 4 is 0 Å². The van der Waals surface area contributed by atoms with Crippen LogP contribution in [0.15, 0.2) is 30.5 Å². The zero-order valence-electron chi connectivity index (χ0n) is 8.62. The molecule has 1 N–H and O–H groups in total. The van der Waals surface area contributed by atoms with E-state index in [1.807, 2.05) is 0 Å². The smallest absolute Gasteiger partial charge is 0.387 e. The molecule has 1 aromatic heterocycles. The van der Waals surface area contributed by atoms with Gasteiger partial charge in [0.1, 0.15) is 11.4 Å². The fourth-order valence-electron chi connectivity index (χ4n) is 1.30. The van der Waals surface area contributed by atoms with E-state index in [-0.39, 0.29) is 12.4 Å². The van der Waals surface area contributed by atoms with Crippen molar-refractivity contribution < 1.29 is 18.6 Å². The third kappa shape index (κ3) is 2.76. The molecule has 0 aliphatic rings.